The second kappa shape index (κ2) is 5.20. The fourth-order valence-corrected chi connectivity index (χ4v) is 1.45. The Kier molecular flexibility index (Phi) is 4.45. The summed E-state index contributed by atoms with van der Waals surface area (Å²) in [4.78, 5) is 0. The van der Waals surface area contributed by atoms with E-state index in [1.807, 2.05) is 0 Å². The molecule has 90 valence electrons. The molecule has 15 heavy (non-hydrogen) atoms. The van der Waals surface area contributed by atoms with Crippen molar-refractivity contribution in [2.75, 3.05) is 6.61 Å². The second-order valence-electron chi connectivity index (χ2n) is 3.88. The molecule has 1 rings (SSSR count). The van der Waals surface area contributed by atoms with Gasteiger partial charge in [-0.2, -0.15) is 0 Å². The van der Waals surface area contributed by atoms with Crippen LogP contribution in [-0.2, 0) is 9.47 Å². The Bertz CT molecular complexity index is 195. The molecule has 0 spiro atoms. The average molecular weight is 222 g/mol. The lowest BCUT2D eigenvalue weighted by Crippen LogP contribution is -2.59. The van der Waals surface area contributed by atoms with Crippen LogP contribution in [0.4, 0.5) is 0 Å². The van der Waals surface area contributed by atoms with Crippen molar-refractivity contribution in [3.63, 3.8) is 0 Å². The van der Waals surface area contributed by atoms with Gasteiger partial charge in [0.1, 0.15) is 24.4 Å². The zero-order valence-electron chi connectivity index (χ0n) is 8.78. The van der Waals surface area contributed by atoms with Crippen LogP contribution in [0.3, 0.4) is 0 Å². The largest absolute Gasteiger partial charge is 0.394 e. The lowest BCUT2D eigenvalue weighted by atomic mass is 9.99. The van der Waals surface area contributed by atoms with Crippen LogP contribution in [0.2, 0.25) is 0 Å². The average Bonchev–Trinajstić information content (AvgIpc) is 2.18. The van der Waals surface area contributed by atoms with Gasteiger partial charge in [0.25, 0.3) is 0 Å². The van der Waals surface area contributed by atoms with E-state index in [0.29, 0.717) is 0 Å². The Balaban J connectivity index is 2.65. The van der Waals surface area contributed by atoms with Crippen molar-refractivity contribution in [3.05, 3.63) is 0 Å². The molecular weight excluding hydrogens is 204 g/mol. The Morgan fingerprint density at radius 3 is 2.20 bits per heavy atom. The first-order valence-electron chi connectivity index (χ1n) is 4.93. The van der Waals surface area contributed by atoms with Gasteiger partial charge in [-0.05, 0) is 13.8 Å². The highest BCUT2D eigenvalue weighted by atomic mass is 16.7. The topological polar surface area (TPSA) is 99.4 Å². The predicted molar refractivity (Wildman–Crippen MR) is 50.0 cm³/mol. The molecule has 0 aromatic heterocycles. The molecule has 6 nitrogen and oxygen atoms in total. The number of aliphatic hydroxyl groups is 4. The highest BCUT2D eigenvalue weighted by Gasteiger charge is 2.44. The first-order valence-corrected chi connectivity index (χ1v) is 4.93. The van der Waals surface area contributed by atoms with Crippen molar-refractivity contribution in [3.8, 4) is 0 Å². The summed E-state index contributed by atoms with van der Waals surface area (Å²) in [6, 6.07) is 0. The molecule has 1 fully saturated rings. The third-order valence-corrected chi connectivity index (χ3v) is 2.25. The zero-order chi connectivity index (χ0) is 11.6. The summed E-state index contributed by atoms with van der Waals surface area (Å²) in [6.45, 7) is 3.06. The Morgan fingerprint density at radius 2 is 1.73 bits per heavy atom. The molecule has 4 N–H and O–H groups in total. The van der Waals surface area contributed by atoms with Crippen LogP contribution in [0, 0.1) is 0 Å². The van der Waals surface area contributed by atoms with Gasteiger partial charge in [-0.3, -0.25) is 0 Å². The minimum absolute atomic E-state index is 0.188. The number of aliphatic hydroxyl groups excluding tert-OH is 4. The summed E-state index contributed by atoms with van der Waals surface area (Å²) in [6.07, 6.45) is -6.15. The summed E-state index contributed by atoms with van der Waals surface area (Å²) in [7, 11) is 0. The lowest BCUT2D eigenvalue weighted by Gasteiger charge is -2.40. The van der Waals surface area contributed by atoms with Gasteiger partial charge in [0.15, 0.2) is 6.29 Å². The predicted octanol–water partition coefficient (Wildman–Crippen LogP) is -1.79. The second-order valence-corrected chi connectivity index (χ2v) is 3.88. The van der Waals surface area contributed by atoms with E-state index < -0.39 is 37.3 Å². The van der Waals surface area contributed by atoms with Crippen molar-refractivity contribution in [1.82, 2.24) is 0 Å². The van der Waals surface area contributed by atoms with E-state index in [1.54, 1.807) is 13.8 Å². The van der Waals surface area contributed by atoms with Gasteiger partial charge in [0.05, 0.1) is 12.7 Å². The molecule has 5 atom stereocenters. The highest BCUT2D eigenvalue weighted by molar-refractivity contribution is 4.88. The normalized spacial score (nSPS) is 42.2. The molecule has 0 amide bonds. The maximum Gasteiger partial charge on any atom is 0.186 e. The summed E-state index contributed by atoms with van der Waals surface area (Å²) < 4.78 is 10.3. The molecule has 0 aromatic rings. The van der Waals surface area contributed by atoms with Crippen LogP contribution < -0.4 is 0 Å². The molecule has 6 heteroatoms. The Labute approximate surface area is 88.1 Å². The highest BCUT2D eigenvalue weighted by Crippen LogP contribution is 2.22. The summed E-state index contributed by atoms with van der Waals surface area (Å²) in [5.41, 5.74) is 0. The van der Waals surface area contributed by atoms with E-state index in [-0.39, 0.29) is 6.10 Å². The summed E-state index contributed by atoms with van der Waals surface area (Å²) in [5, 5.41) is 37.3. The van der Waals surface area contributed by atoms with Crippen LogP contribution in [0.1, 0.15) is 13.8 Å². The van der Waals surface area contributed by atoms with Crippen LogP contribution >= 0.6 is 0 Å². The van der Waals surface area contributed by atoms with E-state index >= 15 is 0 Å². The van der Waals surface area contributed by atoms with E-state index in [0.717, 1.165) is 0 Å². The van der Waals surface area contributed by atoms with Gasteiger partial charge in [-0.25, -0.2) is 0 Å². The van der Waals surface area contributed by atoms with Gasteiger partial charge >= 0.3 is 0 Å². The van der Waals surface area contributed by atoms with E-state index in [1.165, 1.54) is 0 Å². The van der Waals surface area contributed by atoms with Gasteiger partial charge in [0.2, 0.25) is 0 Å². The first kappa shape index (κ1) is 12.8. The van der Waals surface area contributed by atoms with Gasteiger partial charge in [-0.15, -0.1) is 0 Å². The van der Waals surface area contributed by atoms with Gasteiger partial charge in [-0.1, -0.05) is 0 Å². The first-order chi connectivity index (χ1) is 6.97. The number of hydrogen-bond acceptors (Lipinski definition) is 6. The van der Waals surface area contributed by atoms with Crippen molar-refractivity contribution in [2.45, 2.75) is 50.7 Å². The van der Waals surface area contributed by atoms with Crippen LogP contribution in [-0.4, -0.2) is 63.8 Å². The molecule has 0 aromatic carbocycles. The standard InChI is InChI=1S/C9H18O6/c1-4(2)14-9-8(13)7(12)6(11)5(3-10)15-9/h4-13H,3H2,1-2H3/t5-,6-,7+,8-,9+/m1/s1. The Morgan fingerprint density at radius 1 is 1.13 bits per heavy atom. The minimum Gasteiger partial charge on any atom is -0.394 e. The minimum atomic E-state index is -1.38. The molecule has 1 saturated heterocycles. The van der Waals surface area contributed by atoms with E-state index in [9.17, 15) is 15.3 Å². The fourth-order valence-electron chi connectivity index (χ4n) is 1.45. The quantitative estimate of drug-likeness (QED) is 0.450. The molecule has 1 aliphatic rings. The molecule has 0 bridgehead atoms. The van der Waals surface area contributed by atoms with Gasteiger partial charge in [0, 0.05) is 0 Å². The van der Waals surface area contributed by atoms with Crippen LogP contribution in [0.25, 0.3) is 0 Å². The van der Waals surface area contributed by atoms with Crippen molar-refractivity contribution in [1.29, 1.82) is 0 Å². The molecule has 0 unspecified atom stereocenters. The van der Waals surface area contributed by atoms with Crippen molar-refractivity contribution in [2.24, 2.45) is 0 Å². The third kappa shape index (κ3) is 2.87. The van der Waals surface area contributed by atoms with Gasteiger partial charge < -0.3 is 29.9 Å². The monoisotopic (exact) mass is 222 g/mol. The third-order valence-electron chi connectivity index (χ3n) is 2.25. The van der Waals surface area contributed by atoms with Crippen LogP contribution in [0.5, 0.6) is 0 Å². The number of ether oxygens (including phenoxy) is 2. The molecule has 0 radical (unpaired) electrons. The Hall–Kier alpha value is -0.240. The molecule has 1 aliphatic heterocycles. The van der Waals surface area contributed by atoms with E-state index in [4.69, 9.17) is 14.6 Å². The molecule has 0 saturated carbocycles. The fraction of sp³-hybridized carbons (Fsp3) is 1.00. The van der Waals surface area contributed by atoms with Crippen LogP contribution in [0.15, 0.2) is 0 Å². The summed E-state index contributed by atoms with van der Waals surface area (Å²) in [5.74, 6) is 0. The smallest absolute Gasteiger partial charge is 0.186 e. The maximum atomic E-state index is 9.53. The lowest BCUT2D eigenvalue weighted by molar-refractivity contribution is -0.308. The summed E-state index contributed by atoms with van der Waals surface area (Å²) >= 11 is 0. The molecular formula is C9H18O6. The SMILES string of the molecule is CC(C)O[C@H]1O[C@H](CO)[C@@H](O)[C@H](O)[C@H]1O. The number of hydrogen-bond donors (Lipinski definition) is 4. The zero-order valence-corrected chi connectivity index (χ0v) is 8.78. The molecule has 0 aliphatic carbocycles. The van der Waals surface area contributed by atoms with Crippen molar-refractivity contribution >= 4 is 0 Å². The maximum absolute atomic E-state index is 9.53. The van der Waals surface area contributed by atoms with E-state index in [2.05, 4.69) is 0 Å². The number of rotatable bonds is 3. The van der Waals surface area contributed by atoms with Crippen molar-refractivity contribution < 1.29 is 29.9 Å². The molecule has 1 heterocycles.